The van der Waals surface area contributed by atoms with Gasteiger partial charge in [-0.05, 0) is 115 Å². The minimum atomic E-state index is 0.0622. The zero-order chi connectivity index (χ0) is 31.1. The summed E-state index contributed by atoms with van der Waals surface area (Å²) < 4.78 is 1.12. The third kappa shape index (κ3) is 5.65. The van der Waals surface area contributed by atoms with Crippen LogP contribution in [0.4, 0.5) is 17.1 Å². The summed E-state index contributed by atoms with van der Waals surface area (Å²) in [5.74, 6) is 0.471. The molecule has 45 heavy (non-hydrogen) atoms. The summed E-state index contributed by atoms with van der Waals surface area (Å²) in [5.41, 5.74) is 12.7. The first-order chi connectivity index (χ1) is 21.8. The molecule has 0 N–H and O–H groups in total. The Morgan fingerprint density at radius 3 is 2.02 bits per heavy atom. The van der Waals surface area contributed by atoms with Crippen LogP contribution in [0.5, 0.6) is 0 Å². The number of para-hydroxylation sites is 1. The molecule has 0 amide bonds. The molecule has 0 fully saturated rings. The molecule has 0 bridgehead atoms. The molecule has 2 aliphatic carbocycles. The number of nitriles is 1. The van der Waals surface area contributed by atoms with Gasteiger partial charge in [0.25, 0.3) is 0 Å². The summed E-state index contributed by atoms with van der Waals surface area (Å²) in [6.45, 7) is 8.97. The Bertz CT molecular complexity index is 1940. The van der Waals surface area contributed by atoms with Crippen LogP contribution < -0.4 is 4.90 Å². The molecule has 2 aliphatic rings. The fourth-order valence-corrected chi connectivity index (χ4v) is 7.97. The number of aromatic nitrogens is 1. The van der Waals surface area contributed by atoms with E-state index in [-0.39, 0.29) is 5.41 Å². The van der Waals surface area contributed by atoms with E-state index in [2.05, 4.69) is 130 Å². The zero-order valence-corrected chi connectivity index (χ0v) is 27.2. The van der Waals surface area contributed by atoms with Crippen LogP contribution in [0.3, 0.4) is 0 Å². The number of rotatable bonds is 5. The largest absolute Gasteiger partial charge is 0.311 e. The Hall–Kier alpha value is -4.72. The Morgan fingerprint density at radius 2 is 1.42 bits per heavy atom. The van der Waals surface area contributed by atoms with Crippen molar-refractivity contribution in [1.82, 2.24) is 4.98 Å². The molecule has 0 saturated heterocycles. The lowest BCUT2D eigenvalue weighted by Gasteiger charge is -2.42. The highest BCUT2D eigenvalue weighted by Crippen LogP contribution is 2.51. The molecule has 7 rings (SSSR count). The summed E-state index contributed by atoms with van der Waals surface area (Å²) in [4.78, 5) is 7.16. The number of benzene rings is 4. The lowest BCUT2D eigenvalue weighted by atomic mass is 9.62. The first-order valence-corrected chi connectivity index (χ1v) is 16.6. The summed E-state index contributed by atoms with van der Waals surface area (Å²) >= 11 is 1.61. The fourth-order valence-electron chi connectivity index (χ4n) is 6.97. The maximum absolute atomic E-state index is 10.3. The molecule has 0 radical (unpaired) electrons. The van der Waals surface area contributed by atoms with Crippen LogP contribution in [0.25, 0.3) is 21.4 Å². The second-order valence-corrected chi connectivity index (χ2v) is 14.2. The molecule has 0 aliphatic heterocycles. The van der Waals surface area contributed by atoms with E-state index in [9.17, 15) is 5.26 Å². The summed E-state index contributed by atoms with van der Waals surface area (Å²) in [6.07, 6.45) is 7.74. The normalized spacial score (nSPS) is 18.4. The van der Waals surface area contributed by atoms with Crippen molar-refractivity contribution in [2.45, 2.75) is 47.0 Å². The Morgan fingerprint density at radius 1 is 0.822 bits per heavy atom. The maximum Gasteiger partial charge on any atom is 0.135 e. The number of thiazole rings is 1. The van der Waals surface area contributed by atoms with Crippen LogP contribution in [0.2, 0.25) is 0 Å². The Balaban J connectivity index is 1.24. The predicted molar refractivity (Wildman–Crippen MR) is 190 cm³/mol. The van der Waals surface area contributed by atoms with Gasteiger partial charge in [0.2, 0.25) is 0 Å². The van der Waals surface area contributed by atoms with E-state index in [4.69, 9.17) is 4.98 Å². The molecule has 3 nitrogen and oxygen atoms in total. The minimum Gasteiger partial charge on any atom is -0.311 e. The molecule has 222 valence electrons. The molecule has 0 saturated carbocycles. The summed E-state index contributed by atoms with van der Waals surface area (Å²) in [5, 5.41) is 11.1. The van der Waals surface area contributed by atoms with Gasteiger partial charge in [-0.3, -0.25) is 0 Å². The molecular formula is C41H37N3S. The molecule has 4 heteroatoms. The van der Waals surface area contributed by atoms with E-state index in [1.54, 1.807) is 11.3 Å². The number of anilines is 3. The smallest absolute Gasteiger partial charge is 0.135 e. The number of fused-ring (bicyclic) bond motifs is 2. The second-order valence-electron chi connectivity index (χ2n) is 13.1. The first-order valence-electron chi connectivity index (χ1n) is 15.7. The quantitative estimate of drug-likeness (QED) is 0.188. The monoisotopic (exact) mass is 603 g/mol. The highest BCUT2D eigenvalue weighted by Gasteiger charge is 2.38. The lowest BCUT2D eigenvalue weighted by Crippen LogP contribution is -2.31. The zero-order valence-electron chi connectivity index (χ0n) is 26.3. The van der Waals surface area contributed by atoms with Gasteiger partial charge in [-0.1, -0.05) is 85.7 Å². The van der Waals surface area contributed by atoms with Gasteiger partial charge in [0.15, 0.2) is 0 Å². The average molecular weight is 604 g/mol. The third-order valence-corrected chi connectivity index (χ3v) is 10.5. The molecule has 0 spiro atoms. The lowest BCUT2D eigenvalue weighted by molar-refractivity contribution is 0.228. The molecule has 4 aromatic carbocycles. The van der Waals surface area contributed by atoms with E-state index in [0.29, 0.717) is 11.5 Å². The molecule has 1 unspecified atom stereocenters. The van der Waals surface area contributed by atoms with Crippen LogP contribution in [-0.2, 0) is 0 Å². The molecule has 1 aromatic heterocycles. The highest BCUT2D eigenvalue weighted by molar-refractivity contribution is 7.19. The predicted octanol–water partition coefficient (Wildman–Crippen LogP) is 11.5. The highest BCUT2D eigenvalue weighted by atomic mass is 32.1. The van der Waals surface area contributed by atoms with Gasteiger partial charge < -0.3 is 4.90 Å². The summed E-state index contributed by atoms with van der Waals surface area (Å²) in [6, 6.07) is 37.2. The van der Waals surface area contributed by atoms with Crippen LogP contribution in [-0.4, -0.2) is 4.98 Å². The van der Waals surface area contributed by atoms with Gasteiger partial charge >= 0.3 is 0 Å². The van der Waals surface area contributed by atoms with Crippen molar-refractivity contribution in [1.29, 1.82) is 5.26 Å². The average Bonchev–Trinajstić information content (AvgIpc) is 3.47. The maximum atomic E-state index is 10.3. The third-order valence-electron chi connectivity index (χ3n) is 9.40. The topological polar surface area (TPSA) is 39.9 Å². The Kier molecular flexibility index (Phi) is 7.51. The summed E-state index contributed by atoms with van der Waals surface area (Å²) in [7, 11) is 0. The molecule has 1 atom stereocenters. The van der Waals surface area contributed by atoms with Crippen molar-refractivity contribution in [2.24, 2.45) is 11.3 Å². The van der Waals surface area contributed by atoms with E-state index in [0.717, 1.165) is 57.1 Å². The molecule has 5 aromatic rings. The molecule has 1 heterocycles. The van der Waals surface area contributed by atoms with E-state index in [1.165, 1.54) is 27.8 Å². The second kappa shape index (κ2) is 11.7. The van der Waals surface area contributed by atoms with Crippen LogP contribution in [0, 0.1) is 36.5 Å². The van der Waals surface area contributed by atoms with Gasteiger partial charge in [0.05, 0.1) is 15.8 Å². The van der Waals surface area contributed by atoms with Crippen molar-refractivity contribution in [2.75, 3.05) is 4.90 Å². The van der Waals surface area contributed by atoms with E-state index >= 15 is 0 Å². The number of allylic oxidation sites excluding steroid dienone is 6. The van der Waals surface area contributed by atoms with Crippen LogP contribution in [0.1, 0.15) is 54.8 Å². The number of aryl methyl sites for hydroxylation is 2. The van der Waals surface area contributed by atoms with Crippen molar-refractivity contribution in [3.8, 4) is 6.07 Å². The number of nitrogens with zero attached hydrogens (tertiary/aromatic N) is 3. The van der Waals surface area contributed by atoms with E-state index < -0.39 is 0 Å². The van der Waals surface area contributed by atoms with Crippen molar-refractivity contribution >= 4 is 49.8 Å². The van der Waals surface area contributed by atoms with E-state index in [1.807, 2.05) is 18.2 Å². The van der Waals surface area contributed by atoms with Crippen molar-refractivity contribution in [3.63, 3.8) is 0 Å². The van der Waals surface area contributed by atoms with Gasteiger partial charge in [-0.25, -0.2) is 4.98 Å². The SMILES string of the molecule is Cc1ccc(N(c2ccc(C)cc2)c2ccc(C3=CC4=C/C(=C(\C#N)c5nc6ccccc6s5)CC(C)(C)C4CC3)cc2)cc1. The van der Waals surface area contributed by atoms with Gasteiger partial charge in [-0.15, -0.1) is 11.3 Å². The van der Waals surface area contributed by atoms with Crippen molar-refractivity contribution < 1.29 is 0 Å². The van der Waals surface area contributed by atoms with Crippen LogP contribution >= 0.6 is 11.3 Å². The van der Waals surface area contributed by atoms with Gasteiger partial charge in [0.1, 0.15) is 11.1 Å². The molecular weight excluding hydrogens is 567 g/mol. The van der Waals surface area contributed by atoms with Crippen molar-refractivity contribution in [3.05, 3.63) is 142 Å². The fraction of sp³-hybridized carbons (Fsp3) is 0.220. The standard InChI is InChI=1S/C41H37N3S/c1-27-9-16-33(17-10-27)44(34-18-11-28(2)12-19-34)35-20-13-29(14-21-35)30-15-22-37-31(23-30)24-32(25-41(37,3)4)36(26-42)40-43-38-7-5-6-8-39(38)45-40/h5-14,16-21,23-24,37H,15,22,25H2,1-4H3/b36-32-. The minimum absolute atomic E-state index is 0.0622. The van der Waals surface area contributed by atoms with Gasteiger partial charge in [-0.2, -0.15) is 5.26 Å². The number of hydrogen-bond acceptors (Lipinski definition) is 4. The number of hydrogen-bond donors (Lipinski definition) is 0. The van der Waals surface area contributed by atoms with Gasteiger partial charge in [0, 0.05) is 17.1 Å². The Labute approximate surface area is 270 Å². The van der Waals surface area contributed by atoms with Crippen LogP contribution in [0.15, 0.2) is 120 Å². The first kappa shape index (κ1) is 29.0.